The Hall–Kier alpha value is -4.05. The fourth-order valence-electron chi connectivity index (χ4n) is 4.48. The largest absolute Gasteiger partial charge is 0.457 e. The molecule has 40 heavy (non-hydrogen) atoms. The number of carbonyl (C=O) groups excluding carboxylic acids is 4. The topological polar surface area (TPSA) is 130 Å². The molecular formula is C30H39N5O5. The van der Waals surface area contributed by atoms with Gasteiger partial charge in [-0.15, -0.1) is 6.58 Å². The third-order valence-corrected chi connectivity index (χ3v) is 6.80. The summed E-state index contributed by atoms with van der Waals surface area (Å²) in [7, 11) is 0. The van der Waals surface area contributed by atoms with Gasteiger partial charge in [0.2, 0.25) is 11.8 Å². The van der Waals surface area contributed by atoms with Gasteiger partial charge in [-0.3, -0.25) is 29.2 Å². The molecule has 1 saturated heterocycles. The summed E-state index contributed by atoms with van der Waals surface area (Å²) in [4.78, 5) is 55.3. The van der Waals surface area contributed by atoms with Crippen LogP contribution in [-0.4, -0.2) is 58.4 Å². The second-order valence-corrected chi connectivity index (χ2v) is 10.3. The number of benzene rings is 1. The fourth-order valence-corrected chi connectivity index (χ4v) is 4.48. The number of hydrazine groups is 1. The summed E-state index contributed by atoms with van der Waals surface area (Å²) in [5.74, 6) is -1.82. The third kappa shape index (κ3) is 7.75. The minimum Gasteiger partial charge on any atom is -0.457 e. The Balaban J connectivity index is 1.59. The highest BCUT2D eigenvalue weighted by molar-refractivity contribution is 5.92. The normalized spacial score (nSPS) is 17.4. The molecule has 4 atom stereocenters. The number of rotatable bonds is 11. The molecule has 0 saturated carbocycles. The zero-order valence-electron chi connectivity index (χ0n) is 23.6. The minimum absolute atomic E-state index is 0.0906. The Kier molecular flexibility index (Phi) is 10.6. The van der Waals surface area contributed by atoms with Gasteiger partial charge in [-0.05, 0) is 61.8 Å². The van der Waals surface area contributed by atoms with E-state index < -0.39 is 36.1 Å². The Bertz CT molecular complexity index is 1280. The van der Waals surface area contributed by atoms with Gasteiger partial charge in [0.15, 0.2) is 0 Å². The summed E-state index contributed by atoms with van der Waals surface area (Å²) >= 11 is 0. The predicted octanol–water partition coefficient (Wildman–Crippen LogP) is 3.20. The first-order valence-corrected chi connectivity index (χ1v) is 13.5. The van der Waals surface area contributed by atoms with Crippen LogP contribution in [0.2, 0.25) is 0 Å². The zero-order valence-corrected chi connectivity index (χ0v) is 23.6. The van der Waals surface area contributed by atoms with Crippen LogP contribution in [0.25, 0.3) is 16.8 Å². The number of hydrogen-bond donors (Lipinski definition) is 3. The summed E-state index contributed by atoms with van der Waals surface area (Å²) in [6.07, 6.45) is 5.59. The number of ether oxygens (including phenoxy) is 1. The first-order chi connectivity index (χ1) is 19.0. The number of aromatic nitrogens is 1. The summed E-state index contributed by atoms with van der Waals surface area (Å²) in [5.41, 5.74) is 4.56. The highest BCUT2D eigenvalue weighted by atomic mass is 16.5. The van der Waals surface area contributed by atoms with Gasteiger partial charge >= 0.3 is 5.97 Å². The van der Waals surface area contributed by atoms with Gasteiger partial charge in [-0.25, -0.2) is 5.43 Å². The quantitative estimate of drug-likeness (QED) is 0.290. The van der Waals surface area contributed by atoms with E-state index in [0.29, 0.717) is 19.4 Å². The van der Waals surface area contributed by atoms with Gasteiger partial charge < -0.3 is 15.4 Å². The lowest BCUT2D eigenvalue weighted by molar-refractivity contribution is -0.157. The molecule has 10 nitrogen and oxygen atoms in total. The minimum atomic E-state index is -0.876. The Labute approximate surface area is 235 Å². The van der Waals surface area contributed by atoms with Crippen molar-refractivity contribution in [3.05, 3.63) is 61.0 Å². The number of fused-ring (bicyclic) bond motifs is 1. The van der Waals surface area contributed by atoms with Crippen molar-refractivity contribution >= 4 is 40.5 Å². The molecule has 10 heteroatoms. The van der Waals surface area contributed by atoms with Crippen molar-refractivity contribution < 1.29 is 23.9 Å². The standard InChI is InChI=1S/C30H39N5O5/c1-7-10-26(36)33-27(18(3)4)28(37)32-19(5)29(38)35-14-9-11-25(34-35)30(39)40-20(6)21-12-13-22-17-31-24(8-2)16-23(22)15-21/h7-8,12-13,15-20,25,27,34H,1-2,9-11,14H2,3-6H3,(H,32,37)(H,33,36)/t19?,20-,25?,27?/m1/s1. The first kappa shape index (κ1) is 30.5. The van der Waals surface area contributed by atoms with Gasteiger partial charge in [0, 0.05) is 24.5 Å². The van der Waals surface area contributed by atoms with Crippen molar-refractivity contribution in [2.45, 2.75) is 71.2 Å². The van der Waals surface area contributed by atoms with Crippen LogP contribution in [0.5, 0.6) is 0 Å². The van der Waals surface area contributed by atoms with Crippen LogP contribution < -0.4 is 16.1 Å². The van der Waals surface area contributed by atoms with Crippen LogP contribution >= 0.6 is 0 Å². The number of nitrogens with one attached hydrogen (secondary N) is 3. The number of nitrogens with zero attached hydrogens (tertiary/aromatic N) is 2. The smallest absolute Gasteiger partial charge is 0.325 e. The average Bonchev–Trinajstić information content (AvgIpc) is 2.94. The number of pyridine rings is 1. The van der Waals surface area contributed by atoms with E-state index in [9.17, 15) is 19.2 Å². The van der Waals surface area contributed by atoms with E-state index in [0.717, 1.165) is 22.0 Å². The number of carbonyl (C=O) groups is 4. The van der Waals surface area contributed by atoms with Crippen molar-refractivity contribution in [3.8, 4) is 0 Å². The van der Waals surface area contributed by atoms with E-state index in [2.05, 4.69) is 34.2 Å². The first-order valence-electron chi connectivity index (χ1n) is 13.5. The van der Waals surface area contributed by atoms with E-state index in [-0.39, 0.29) is 24.2 Å². The summed E-state index contributed by atoms with van der Waals surface area (Å²) in [5, 5.41) is 8.66. The molecule has 0 aliphatic carbocycles. The second kappa shape index (κ2) is 13.8. The fraction of sp³-hybridized carbons (Fsp3) is 0.433. The highest BCUT2D eigenvalue weighted by Crippen LogP contribution is 2.24. The molecule has 1 aliphatic heterocycles. The van der Waals surface area contributed by atoms with Gasteiger partial charge in [0.1, 0.15) is 24.2 Å². The monoisotopic (exact) mass is 549 g/mol. The average molecular weight is 550 g/mol. The summed E-state index contributed by atoms with van der Waals surface area (Å²) in [6, 6.07) is 5.33. The van der Waals surface area contributed by atoms with Crippen molar-refractivity contribution in [2.75, 3.05) is 6.54 Å². The van der Waals surface area contributed by atoms with Crippen molar-refractivity contribution in [1.82, 2.24) is 26.1 Å². The highest BCUT2D eigenvalue weighted by Gasteiger charge is 2.33. The van der Waals surface area contributed by atoms with Crippen LogP contribution in [0.15, 0.2) is 49.7 Å². The summed E-state index contributed by atoms with van der Waals surface area (Å²) < 4.78 is 5.76. The van der Waals surface area contributed by atoms with Gasteiger partial charge in [0.25, 0.3) is 5.91 Å². The van der Waals surface area contributed by atoms with E-state index in [1.165, 1.54) is 11.1 Å². The molecule has 2 aromatic rings. The van der Waals surface area contributed by atoms with Gasteiger partial charge in [-0.2, -0.15) is 0 Å². The molecule has 0 bridgehead atoms. The third-order valence-electron chi connectivity index (χ3n) is 6.80. The second-order valence-electron chi connectivity index (χ2n) is 10.3. The van der Waals surface area contributed by atoms with E-state index in [1.54, 1.807) is 26.1 Å². The van der Waals surface area contributed by atoms with E-state index in [4.69, 9.17) is 4.74 Å². The van der Waals surface area contributed by atoms with Gasteiger partial charge in [0.05, 0.1) is 5.69 Å². The van der Waals surface area contributed by atoms with Crippen LogP contribution in [-0.2, 0) is 23.9 Å². The molecule has 3 amide bonds. The number of amides is 3. The molecule has 214 valence electrons. The molecule has 0 spiro atoms. The van der Waals surface area contributed by atoms with E-state index in [1.807, 2.05) is 38.1 Å². The van der Waals surface area contributed by atoms with Crippen LogP contribution in [0.1, 0.15) is 64.3 Å². The molecule has 2 heterocycles. The molecule has 3 rings (SSSR count). The van der Waals surface area contributed by atoms with Crippen molar-refractivity contribution in [3.63, 3.8) is 0 Å². The molecular weight excluding hydrogens is 510 g/mol. The Morgan fingerprint density at radius 2 is 1.88 bits per heavy atom. The molecule has 0 radical (unpaired) electrons. The Morgan fingerprint density at radius 3 is 2.55 bits per heavy atom. The molecule has 1 fully saturated rings. The van der Waals surface area contributed by atoms with Crippen LogP contribution in [0.4, 0.5) is 0 Å². The van der Waals surface area contributed by atoms with E-state index >= 15 is 0 Å². The molecule has 3 unspecified atom stereocenters. The summed E-state index contributed by atoms with van der Waals surface area (Å²) in [6.45, 7) is 14.7. The maximum Gasteiger partial charge on any atom is 0.325 e. The Morgan fingerprint density at radius 1 is 1.12 bits per heavy atom. The SMILES string of the molecule is C=CCC(=O)NC(C(=O)NC(C)C(=O)N1CCCC(C(=O)O[C@H](C)c2ccc3cnc(C=C)cc3c2)N1)C(C)C. The number of esters is 1. The predicted molar refractivity (Wildman–Crippen MR) is 153 cm³/mol. The molecule has 1 aromatic carbocycles. The van der Waals surface area contributed by atoms with Crippen molar-refractivity contribution in [2.24, 2.45) is 5.92 Å². The maximum atomic E-state index is 13.1. The maximum absolute atomic E-state index is 13.1. The molecule has 1 aliphatic rings. The van der Waals surface area contributed by atoms with Crippen molar-refractivity contribution in [1.29, 1.82) is 0 Å². The van der Waals surface area contributed by atoms with Crippen LogP contribution in [0, 0.1) is 5.92 Å². The molecule has 1 aromatic heterocycles. The lowest BCUT2D eigenvalue weighted by atomic mass is 10.0. The van der Waals surface area contributed by atoms with Gasteiger partial charge in [-0.1, -0.05) is 38.6 Å². The van der Waals surface area contributed by atoms with Crippen LogP contribution in [0.3, 0.4) is 0 Å². The lowest BCUT2D eigenvalue weighted by Gasteiger charge is -2.35. The lowest BCUT2D eigenvalue weighted by Crippen LogP contribution is -2.61. The zero-order chi connectivity index (χ0) is 29.4. The molecule has 3 N–H and O–H groups in total. The number of hydrogen-bond acceptors (Lipinski definition) is 7.